The summed E-state index contributed by atoms with van der Waals surface area (Å²) in [4.78, 5) is 12.7. The molecule has 1 saturated carbocycles. The zero-order valence-corrected chi connectivity index (χ0v) is 12.3. The van der Waals surface area contributed by atoms with Crippen molar-refractivity contribution in [1.82, 2.24) is 15.0 Å². The fraction of sp³-hybridized carbons (Fsp3) is 0.769. The molecule has 0 atom stereocenters. The predicted octanol–water partition coefficient (Wildman–Crippen LogP) is 1.68. The molecule has 0 aliphatic heterocycles. The molecule has 7 heteroatoms. The number of nitrogens with zero attached hydrogens (tertiary/aromatic N) is 3. The molecule has 0 bridgehead atoms. The molecule has 1 heterocycles. The summed E-state index contributed by atoms with van der Waals surface area (Å²) in [6, 6.07) is 0.680. The van der Waals surface area contributed by atoms with Crippen molar-refractivity contribution in [2.24, 2.45) is 0 Å². The molecular formula is C13H23N5O2. The van der Waals surface area contributed by atoms with Gasteiger partial charge in [-0.1, -0.05) is 6.92 Å². The van der Waals surface area contributed by atoms with E-state index >= 15 is 0 Å². The van der Waals surface area contributed by atoms with Crippen molar-refractivity contribution >= 4 is 11.9 Å². The van der Waals surface area contributed by atoms with Crippen molar-refractivity contribution in [3.8, 4) is 6.01 Å². The van der Waals surface area contributed by atoms with Gasteiger partial charge in [0, 0.05) is 19.2 Å². The van der Waals surface area contributed by atoms with Crippen molar-refractivity contribution in [2.45, 2.75) is 45.3 Å². The molecule has 1 aliphatic carbocycles. The molecule has 7 nitrogen and oxygen atoms in total. The molecule has 2 rings (SSSR count). The van der Waals surface area contributed by atoms with Crippen LogP contribution in [0.25, 0.3) is 0 Å². The van der Waals surface area contributed by atoms with Crippen LogP contribution in [0.3, 0.4) is 0 Å². The van der Waals surface area contributed by atoms with E-state index in [0.29, 0.717) is 30.1 Å². The van der Waals surface area contributed by atoms with Gasteiger partial charge in [-0.25, -0.2) is 0 Å². The third-order valence-electron chi connectivity index (χ3n) is 3.16. The first-order valence-electron chi connectivity index (χ1n) is 7.17. The Hall–Kier alpha value is -1.63. The molecule has 2 N–H and O–H groups in total. The van der Waals surface area contributed by atoms with E-state index in [1.54, 1.807) is 7.11 Å². The summed E-state index contributed by atoms with van der Waals surface area (Å²) in [5.74, 6) is 1.09. The topological polar surface area (TPSA) is 81.2 Å². The maximum atomic E-state index is 5.54. The van der Waals surface area contributed by atoms with Gasteiger partial charge in [-0.2, -0.15) is 15.0 Å². The summed E-state index contributed by atoms with van der Waals surface area (Å²) < 4.78 is 10.6. The summed E-state index contributed by atoms with van der Waals surface area (Å²) in [5, 5.41) is 6.44. The Labute approximate surface area is 119 Å². The van der Waals surface area contributed by atoms with E-state index in [1.807, 2.05) is 6.92 Å². The molecule has 0 amide bonds. The molecule has 0 spiro atoms. The third kappa shape index (κ3) is 3.93. The minimum atomic E-state index is 0.321. The Kier molecular flexibility index (Phi) is 5.34. The van der Waals surface area contributed by atoms with Gasteiger partial charge in [0.2, 0.25) is 11.9 Å². The van der Waals surface area contributed by atoms with Crippen molar-refractivity contribution in [3.05, 3.63) is 0 Å². The largest absolute Gasteiger partial charge is 0.467 e. The number of rotatable bonds is 8. The monoisotopic (exact) mass is 281 g/mol. The molecule has 1 aromatic rings. The first kappa shape index (κ1) is 14.8. The second-order valence-electron chi connectivity index (χ2n) is 4.79. The molecule has 112 valence electrons. The van der Waals surface area contributed by atoms with Crippen LogP contribution in [0.1, 0.15) is 33.1 Å². The number of nitrogens with one attached hydrogen (secondary N) is 2. The van der Waals surface area contributed by atoms with Gasteiger partial charge in [0.25, 0.3) is 0 Å². The summed E-state index contributed by atoms with van der Waals surface area (Å²) in [6.07, 6.45) is 3.34. The number of methoxy groups -OCH3 is 1. The molecule has 0 unspecified atom stereocenters. The van der Waals surface area contributed by atoms with Gasteiger partial charge in [0.15, 0.2) is 0 Å². The van der Waals surface area contributed by atoms with Crippen LogP contribution in [0, 0.1) is 0 Å². The van der Waals surface area contributed by atoms with Crippen molar-refractivity contribution in [3.63, 3.8) is 0 Å². The van der Waals surface area contributed by atoms with Crippen LogP contribution in [-0.2, 0) is 4.74 Å². The third-order valence-corrected chi connectivity index (χ3v) is 3.16. The van der Waals surface area contributed by atoms with Crippen molar-refractivity contribution < 1.29 is 9.47 Å². The first-order chi connectivity index (χ1) is 9.75. The molecular weight excluding hydrogens is 258 g/mol. The molecule has 1 aliphatic rings. The van der Waals surface area contributed by atoms with E-state index in [-0.39, 0.29) is 0 Å². The van der Waals surface area contributed by atoms with E-state index in [4.69, 9.17) is 9.47 Å². The van der Waals surface area contributed by atoms with Crippen LogP contribution in [0.2, 0.25) is 0 Å². The Morgan fingerprint density at radius 3 is 2.55 bits per heavy atom. The Bertz CT molecular complexity index is 423. The van der Waals surface area contributed by atoms with Gasteiger partial charge in [-0.05, 0) is 26.2 Å². The zero-order chi connectivity index (χ0) is 14.4. The van der Waals surface area contributed by atoms with Gasteiger partial charge in [-0.15, -0.1) is 0 Å². The van der Waals surface area contributed by atoms with Crippen LogP contribution in [0.5, 0.6) is 6.01 Å². The fourth-order valence-electron chi connectivity index (χ4n) is 2.07. The lowest BCUT2D eigenvalue weighted by Crippen LogP contribution is -2.41. The first-order valence-corrected chi connectivity index (χ1v) is 7.17. The Balaban J connectivity index is 1.93. The second-order valence-corrected chi connectivity index (χ2v) is 4.79. The van der Waals surface area contributed by atoms with Crippen LogP contribution in [0.4, 0.5) is 11.9 Å². The van der Waals surface area contributed by atoms with Crippen LogP contribution >= 0.6 is 0 Å². The molecule has 20 heavy (non-hydrogen) atoms. The van der Waals surface area contributed by atoms with Gasteiger partial charge in [0.05, 0.1) is 13.2 Å². The predicted molar refractivity (Wildman–Crippen MR) is 77.2 cm³/mol. The summed E-state index contributed by atoms with van der Waals surface area (Å²) >= 11 is 0. The SMILES string of the molecule is CCCNc1nc(NC2CC(OCC)C2)nc(OC)n1. The molecule has 0 aromatic carbocycles. The molecule has 0 saturated heterocycles. The zero-order valence-electron chi connectivity index (χ0n) is 12.3. The van der Waals surface area contributed by atoms with Crippen molar-refractivity contribution in [2.75, 3.05) is 30.9 Å². The molecule has 0 radical (unpaired) electrons. The maximum Gasteiger partial charge on any atom is 0.322 e. The quantitative estimate of drug-likeness (QED) is 0.750. The van der Waals surface area contributed by atoms with Crippen molar-refractivity contribution in [1.29, 1.82) is 0 Å². The average Bonchev–Trinajstić information content (AvgIpc) is 2.42. The van der Waals surface area contributed by atoms with E-state index in [2.05, 4.69) is 32.5 Å². The number of ether oxygens (including phenoxy) is 2. The lowest BCUT2D eigenvalue weighted by molar-refractivity contribution is 0.00284. The van der Waals surface area contributed by atoms with E-state index in [0.717, 1.165) is 32.4 Å². The highest BCUT2D eigenvalue weighted by Gasteiger charge is 2.30. The Morgan fingerprint density at radius 2 is 1.90 bits per heavy atom. The van der Waals surface area contributed by atoms with Crippen LogP contribution in [0.15, 0.2) is 0 Å². The van der Waals surface area contributed by atoms with E-state index in [9.17, 15) is 0 Å². The van der Waals surface area contributed by atoms with E-state index < -0.39 is 0 Å². The minimum absolute atomic E-state index is 0.321. The highest BCUT2D eigenvalue weighted by Crippen LogP contribution is 2.26. The summed E-state index contributed by atoms with van der Waals surface area (Å²) in [5.41, 5.74) is 0. The van der Waals surface area contributed by atoms with Gasteiger partial charge < -0.3 is 20.1 Å². The normalized spacial score (nSPS) is 21.1. The van der Waals surface area contributed by atoms with Gasteiger partial charge in [-0.3, -0.25) is 0 Å². The molecule has 1 fully saturated rings. The summed E-state index contributed by atoms with van der Waals surface area (Å²) in [6.45, 7) is 5.70. The Morgan fingerprint density at radius 1 is 1.15 bits per heavy atom. The van der Waals surface area contributed by atoms with Gasteiger partial charge >= 0.3 is 6.01 Å². The number of anilines is 2. The lowest BCUT2D eigenvalue weighted by atomic mass is 9.89. The number of aromatic nitrogens is 3. The minimum Gasteiger partial charge on any atom is -0.467 e. The smallest absolute Gasteiger partial charge is 0.322 e. The van der Waals surface area contributed by atoms with Gasteiger partial charge in [0.1, 0.15) is 0 Å². The average molecular weight is 281 g/mol. The molecule has 1 aromatic heterocycles. The highest BCUT2D eigenvalue weighted by molar-refractivity contribution is 5.37. The van der Waals surface area contributed by atoms with Crippen LogP contribution in [-0.4, -0.2) is 47.4 Å². The summed E-state index contributed by atoms with van der Waals surface area (Å²) in [7, 11) is 1.55. The standard InChI is InChI=1S/C13H23N5O2/c1-4-6-14-11-16-12(18-13(17-11)19-3)15-9-7-10(8-9)20-5-2/h9-10H,4-8H2,1-3H3,(H2,14,15,16,17,18). The number of hydrogen-bond donors (Lipinski definition) is 2. The number of hydrogen-bond acceptors (Lipinski definition) is 7. The second kappa shape index (κ2) is 7.23. The van der Waals surface area contributed by atoms with E-state index in [1.165, 1.54) is 0 Å². The highest BCUT2D eigenvalue weighted by atomic mass is 16.5. The van der Waals surface area contributed by atoms with Crippen LogP contribution < -0.4 is 15.4 Å². The lowest BCUT2D eigenvalue weighted by Gasteiger charge is -2.35. The maximum absolute atomic E-state index is 5.54. The fourth-order valence-corrected chi connectivity index (χ4v) is 2.07.